The summed E-state index contributed by atoms with van der Waals surface area (Å²) in [7, 11) is 1.65. The first-order chi connectivity index (χ1) is 15.7. The van der Waals surface area contributed by atoms with Gasteiger partial charge in [-0.1, -0.05) is 37.6 Å². The quantitative estimate of drug-likeness (QED) is 0.274. The Bertz CT molecular complexity index is 1210. The lowest BCUT2D eigenvalue weighted by molar-refractivity contribution is 0.0500. The van der Waals surface area contributed by atoms with Gasteiger partial charge in [0.1, 0.15) is 11.4 Å². The van der Waals surface area contributed by atoms with E-state index < -0.39 is 0 Å². The van der Waals surface area contributed by atoms with Crippen LogP contribution in [0.2, 0.25) is 0 Å². The van der Waals surface area contributed by atoms with Gasteiger partial charge in [0.15, 0.2) is 5.82 Å². The Morgan fingerprint density at radius 1 is 0.906 bits per heavy atom. The van der Waals surface area contributed by atoms with E-state index in [0.29, 0.717) is 18.0 Å². The minimum atomic E-state index is -0.306. The lowest BCUT2D eigenvalue weighted by Gasteiger charge is -2.12. The summed E-state index contributed by atoms with van der Waals surface area (Å²) in [5.74, 6) is 1.14. The Balaban J connectivity index is 1.58. The van der Waals surface area contributed by atoms with Crippen molar-refractivity contribution in [3.05, 3.63) is 78.4 Å². The van der Waals surface area contributed by atoms with E-state index >= 15 is 0 Å². The topological polar surface area (TPSA) is 73.3 Å². The zero-order chi connectivity index (χ0) is 22.3. The molecule has 1 N–H and O–H groups in total. The summed E-state index contributed by atoms with van der Waals surface area (Å²) < 4.78 is 10.5. The molecule has 0 bridgehead atoms. The minimum Gasteiger partial charge on any atom is -0.497 e. The number of nitrogens with zero attached hydrogens (tertiary/aromatic N) is 2. The van der Waals surface area contributed by atoms with Gasteiger partial charge in [-0.25, -0.2) is 4.79 Å². The third kappa shape index (κ3) is 4.70. The summed E-state index contributed by atoms with van der Waals surface area (Å²) in [6.07, 6.45) is 1.85. The Hall–Kier alpha value is -3.93. The number of nitrogens with one attached hydrogen (secondary N) is 1. The zero-order valence-corrected chi connectivity index (χ0v) is 18.2. The number of carbonyl (C=O) groups is 1. The molecule has 1 heterocycles. The van der Waals surface area contributed by atoms with Crippen LogP contribution in [0.15, 0.2) is 72.8 Å². The first-order valence-electron chi connectivity index (χ1n) is 10.6. The smallest absolute Gasteiger partial charge is 0.338 e. The molecule has 0 amide bonds. The van der Waals surface area contributed by atoms with Crippen LogP contribution in [0.5, 0.6) is 5.75 Å². The number of hydrogen-bond donors (Lipinski definition) is 1. The minimum absolute atomic E-state index is 0.306. The van der Waals surface area contributed by atoms with Gasteiger partial charge in [-0.05, 0) is 55.0 Å². The molecule has 1 aromatic heterocycles. The van der Waals surface area contributed by atoms with E-state index in [2.05, 4.69) is 22.4 Å². The fraction of sp³-hybridized carbons (Fsp3) is 0.192. The van der Waals surface area contributed by atoms with Crippen molar-refractivity contribution in [1.29, 1.82) is 0 Å². The molecule has 32 heavy (non-hydrogen) atoms. The third-order valence-electron chi connectivity index (χ3n) is 5.17. The number of benzene rings is 3. The van der Waals surface area contributed by atoms with Crippen LogP contribution in [-0.2, 0) is 4.74 Å². The highest BCUT2D eigenvalue weighted by atomic mass is 16.5. The summed E-state index contributed by atoms with van der Waals surface area (Å²) in [6.45, 7) is 2.50. The second-order valence-corrected chi connectivity index (χ2v) is 7.36. The molecule has 162 valence electrons. The summed E-state index contributed by atoms with van der Waals surface area (Å²) in [5, 5.41) is 14.2. The normalized spacial score (nSPS) is 10.7. The number of rotatable bonds is 8. The second kappa shape index (κ2) is 9.92. The van der Waals surface area contributed by atoms with Gasteiger partial charge >= 0.3 is 5.97 Å². The maximum atomic E-state index is 12.1. The van der Waals surface area contributed by atoms with Crippen LogP contribution in [0.3, 0.4) is 0 Å². The summed E-state index contributed by atoms with van der Waals surface area (Å²) >= 11 is 0. The van der Waals surface area contributed by atoms with Crippen molar-refractivity contribution < 1.29 is 14.3 Å². The Morgan fingerprint density at radius 3 is 2.31 bits per heavy atom. The number of methoxy groups -OCH3 is 1. The summed E-state index contributed by atoms with van der Waals surface area (Å²) in [6, 6.07) is 22.9. The van der Waals surface area contributed by atoms with Crippen molar-refractivity contribution in [2.75, 3.05) is 19.0 Å². The molecule has 0 unspecified atom stereocenters. The molecule has 0 spiro atoms. The van der Waals surface area contributed by atoms with Gasteiger partial charge in [0, 0.05) is 22.0 Å². The molecule has 0 aliphatic carbocycles. The number of aromatic nitrogens is 2. The second-order valence-electron chi connectivity index (χ2n) is 7.36. The molecule has 0 aliphatic heterocycles. The fourth-order valence-corrected chi connectivity index (χ4v) is 3.38. The largest absolute Gasteiger partial charge is 0.497 e. The van der Waals surface area contributed by atoms with Gasteiger partial charge in [0.2, 0.25) is 0 Å². The maximum absolute atomic E-state index is 12.1. The van der Waals surface area contributed by atoms with Crippen molar-refractivity contribution in [2.45, 2.75) is 19.8 Å². The zero-order valence-electron chi connectivity index (χ0n) is 18.2. The average Bonchev–Trinajstić information content (AvgIpc) is 2.85. The predicted molar refractivity (Wildman–Crippen MR) is 126 cm³/mol. The molecule has 0 radical (unpaired) electrons. The van der Waals surface area contributed by atoms with Crippen LogP contribution in [0.1, 0.15) is 30.1 Å². The Kier molecular flexibility index (Phi) is 6.60. The number of ether oxygens (including phenoxy) is 2. The SMILES string of the molecule is CCCCOC(=O)c1ccc(Nc2nnc(-c3ccc(OC)cc3)c3ccccc23)cc1. The Morgan fingerprint density at radius 2 is 1.62 bits per heavy atom. The van der Waals surface area contributed by atoms with Gasteiger partial charge < -0.3 is 14.8 Å². The highest BCUT2D eigenvalue weighted by Crippen LogP contribution is 2.31. The molecule has 4 aromatic rings. The van der Waals surface area contributed by atoms with Crippen LogP contribution in [0.4, 0.5) is 11.5 Å². The molecule has 4 rings (SSSR count). The highest BCUT2D eigenvalue weighted by Gasteiger charge is 2.12. The number of hydrogen-bond acceptors (Lipinski definition) is 6. The monoisotopic (exact) mass is 427 g/mol. The molecular formula is C26H25N3O3. The molecule has 6 heteroatoms. The first kappa shape index (κ1) is 21.3. The fourth-order valence-electron chi connectivity index (χ4n) is 3.38. The van der Waals surface area contributed by atoms with Gasteiger partial charge in [0.05, 0.1) is 19.3 Å². The lowest BCUT2D eigenvalue weighted by Crippen LogP contribution is -2.06. The van der Waals surface area contributed by atoms with Crippen LogP contribution < -0.4 is 10.1 Å². The molecule has 3 aromatic carbocycles. The highest BCUT2D eigenvalue weighted by molar-refractivity contribution is 6.01. The van der Waals surface area contributed by atoms with E-state index in [1.165, 1.54) is 0 Å². The van der Waals surface area contributed by atoms with Crippen LogP contribution in [0.25, 0.3) is 22.0 Å². The average molecular weight is 428 g/mol. The molecule has 0 aliphatic rings. The van der Waals surface area contributed by atoms with E-state index in [4.69, 9.17) is 9.47 Å². The van der Waals surface area contributed by atoms with Crippen molar-refractivity contribution >= 4 is 28.2 Å². The maximum Gasteiger partial charge on any atom is 0.338 e. The van der Waals surface area contributed by atoms with E-state index in [1.54, 1.807) is 19.2 Å². The number of carbonyl (C=O) groups excluding carboxylic acids is 1. The van der Waals surface area contributed by atoms with Crippen molar-refractivity contribution in [1.82, 2.24) is 10.2 Å². The number of unbranched alkanes of at least 4 members (excludes halogenated alkanes) is 1. The Labute approximate surface area is 187 Å². The molecular weight excluding hydrogens is 402 g/mol. The van der Waals surface area contributed by atoms with Gasteiger partial charge in [-0.3, -0.25) is 0 Å². The third-order valence-corrected chi connectivity index (χ3v) is 5.17. The van der Waals surface area contributed by atoms with E-state index in [9.17, 15) is 4.79 Å². The summed E-state index contributed by atoms with van der Waals surface area (Å²) in [5.41, 5.74) is 3.11. The predicted octanol–water partition coefficient (Wildman–Crippen LogP) is 6.01. The summed E-state index contributed by atoms with van der Waals surface area (Å²) in [4.78, 5) is 12.1. The van der Waals surface area contributed by atoms with Crippen molar-refractivity contribution in [3.8, 4) is 17.0 Å². The first-order valence-corrected chi connectivity index (χ1v) is 10.6. The van der Waals surface area contributed by atoms with Crippen molar-refractivity contribution in [3.63, 3.8) is 0 Å². The van der Waals surface area contributed by atoms with E-state index in [0.717, 1.165) is 46.3 Å². The molecule has 0 saturated carbocycles. The van der Waals surface area contributed by atoms with E-state index in [1.807, 2.05) is 60.7 Å². The molecule has 0 fully saturated rings. The van der Waals surface area contributed by atoms with Crippen molar-refractivity contribution in [2.24, 2.45) is 0 Å². The van der Waals surface area contributed by atoms with Gasteiger partial charge in [-0.15, -0.1) is 10.2 Å². The van der Waals surface area contributed by atoms with Crippen LogP contribution in [0, 0.1) is 0 Å². The van der Waals surface area contributed by atoms with Crippen LogP contribution in [-0.4, -0.2) is 29.9 Å². The standard InChI is InChI=1S/C26H25N3O3/c1-3-4-17-32-26(30)19-9-13-20(14-10-19)27-25-23-8-6-5-7-22(23)24(28-29-25)18-11-15-21(31-2)16-12-18/h5-16H,3-4,17H2,1-2H3,(H,27,29). The lowest BCUT2D eigenvalue weighted by atomic mass is 10.0. The van der Waals surface area contributed by atoms with Gasteiger partial charge in [0.25, 0.3) is 0 Å². The number of fused-ring (bicyclic) bond motifs is 1. The van der Waals surface area contributed by atoms with Crippen LogP contribution >= 0.6 is 0 Å². The molecule has 6 nitrogen and oxygen atoms in total. The number of esters is 1. The number of anilines is 2. The van der Waals surface area contributed by atoms with Gasteiger partial charge in [-0.2, -0.15) is 0 Å². The molecule has 0 saturated heterocycles. The van der Waals surface area contributed by atoms with E-state index in [-0.39, 0.29) is 5.97 Å². The molecule has 0 atom stereocenters.